The van der Waals surface area contributed by atoms with Gasteiger partial charge in [-0.15, -0.1) is 5.10 Å². The number of hydrogen-bond donors (Lipinski definition) is 1. The molecule has 2 heterocycles. The molecule has 1 aliphatic heterocycles. The molecule has 1 N–H and O–H groups in total. The van der Waals surface area contributed by atoms with E-state index in [4.69, 9.17) is 4.74 Å². The van der Waals surface area contributed by atoms with Gasteiger partial charge in [0, 0.05) is 13.1 Å². The number of benzene rings is 1. The lowest BCUT2D eigenvalue weighted by atomic mass is 10.2. The van der Waals surface area contributed by atoms with Crippen molar-refractivity contribution in [2.75, 3.05) is 35.4 Å². The van der Waals surface area contributed by atoms with E-state index < -0.39 is 15.8 Å². The lowest BCUT2D eigenvalue weighted by Gasteiger charge is -2.24. The minimum atomic E-state index is -3.00. The second kappa shape index (κ2) is 7.87. The molecule has 27 heavy (non-hydrogen) atoms. The van der Waals surface area contributed by atoms with Crippen LogP contribution in [0.3, 0.4) is 0 Å². The van der Waals surface area contributed by atoms with Gasteiger partial charge in [0.25, 0.3) is 0 Å². The number of carbonyl (C=O) groups is 1. The number of esters is 1. The average Bonchev–Trinajstić information content (AvgIpc) is 3.02. The largest absolute Gasteiger partial charge is 0.462 e. The van der Waals surface area contributed by atoms with Crippen LogP contribution in [0.25, 0.3) is 0 Å². The van der Waals surface area contributed by atoms with E-state index in [1.165, 1.54) is 6.20 Å². The fourth-order valence-electron chi connectivity index (χ4n) is 2.89. The summed E-state index contributed by atoms with van der Waals surface area (Å²) in [6.07, 6.45) is 2.03. The van der Waals surface area contributed by atoms with Crippen molar-refractivity contribution in [1.29, 1.82) is 0 Å². The predicted molar refractivity (Wildman–Crippen MR) is 101 cm³/mol. The van der Waals surface area contributed by atoms with Crippen molar-refractivity contribution in [1.82, 2.24) is 15.2 Å². The Morgan fingerprint density at radius 2 is 2.15 bits per heavy atom. The molecule has 1 atom stereocenters. The molecule has 1 saturated heterocycles. The van der Waals surface area contributed by atoms with E-state index in [0.29, 0.717) is 23.5 Å². The zero-order valence-corrected chi connectivity index (χ0v) is 15.9. The van der Waals surface area contributed by atoms with Crippen LogP contribution in [-0.2, 0) is 14.6 Å². The second-order valence-corrected chi connectivity index (χ2v) is 8.43. The van der Waals surface area contributed by atoms with Gasteiger partial charge in [0.1, 0.15) is 0 Å². The minimum absolute atomic E-state index is 0.0992. The molecule has 9 nitrogen and oxygen atoms in total. The number of carbonyl (C=O) groups excluding carboxylic acids is 1. The summed E-state index contributed by atoms with van der Waals surface area (Å²) in [5, 5.41) is 10.9. The fourth-order valence-corrected chi connectivity index (χ4v) is 4.66. The van der Waals surface area contributed by atoms with Gasteiger partial charge in [0.05, 0.1) is 35.6 Å². The first kappa shape index (κ1) is 19.0. The molecule has 1 fully saturated rings. The number of rotatable bonds is 6. The van der Waals surface area contributed by atoms with Gasteiger partial charge >= 0.3 is 5.97 Å². The topological polar surface area (TPSA) is 114 Å². The Balaban J connectivity index is 1.80. The van der Waals surface area contributed by atoms with Gasteiger partial charge in [-0.25, -0.2) is 13.2 Å². The van der Waals surface area contributed by atoms with E-state index >= 15 is 0 Å². The molecule has 0 spiro atoms. The van der Waals surface area contributed by atoms with Crippen molar-refractivity contribution in [3.8, 4) is 0 Å². The third-order valence-electron chi connectivity index (χ3n) is 4.33. The minimum Gasteiger partial charge on any atom is -0.462 e. The molecule has 10 heteroatoms. The summed E-state index contributed by atoms with van der Waals surface area (Å²) >= 11 is 0. The van der Waals surface area contributed by atoms with Crippen molar-refractivity contribution in [3.63, 3.8) is 0 Å². The molecule has 1 unspecified atom stereocenters. The van der Waals surface area contributed by atoms with Crippen molar-refractivity contribution < 1.29 is 17.9 Å². The van der Waals surface area contributed by atoms with Gasteiger partial charge < -0.3 is 15.0 Å². The van der Waals surface area contributed by atoms with Gasteiger partial charge in [-0.3, -0.25) is 0 Å². The van der Waals surface area contributed by atoms with E-state index in [2.05, 4.69) is 20.5 Å². The third-order valence-corrected chi connectivity index (χ3v) is 6.08. The zero-order chi connectivity index (χ0) is 19.4. The Morgan fingerprint density at radius 3 is 2.85 bits per heavy atom. The zero-order valence-electron chi connectivity index (χ0n) is 15.1. The van der Waals surface area contributed by atoms with Crippen molar-refractivity contribution in [3.05, 3.63) is 36.0 Å². The summed E-state index contributed by atoms with van der Waals surface area (Å²) in [4.78, 5) is 18.3. The standard InChI is InChI=1S/C17H21N5O4S/c1-3-26-16(23)13-6-4-5-7-14(13)19-17-20-15(10-18-21-17)22(2)12-8-9-27(24,25)11-12/h4-7,10,12H,3,8-9,11H2,1-2H3,(H,19,20,21). The van der Waals surface area contributed by atoms with E-state index in [-0.39, 0.29) is 30.1 Å². The summed E-state index contributed by atoms with van der Waals surface area (Å²) in [6.45, 7) is 2.01. The first-order chi connectivity index (χ1) is 12.9. The monoisotopic (exact) mass is 391 g/mol. The summed E-state index contributed by atoms with van der Waals surface area (Å²) in [5.74, 6) is 0.540. The summed E-state index contributed by atoms with van der Waals surface area (Å²) in [5.41, 5.74) is 0.865. The third kappa shape index (κ3) is 4.51. The van der Waals surface area contributed by atoms with Crippen LogP contribution in [0.15, 0.2) is 30.5 Å². The van der Waals surface area contributed by atoms with Crippen LogP contribution in [0.4, 0.5) is 17.5 Å². The number of hydrogen-bond acceptors (Lipinski definition) is 9. The highest BCUT2D eigenvalue weighted by molar-refractivity contribution is 7.91. The summed E-state index contributed by atoms with van der Waals surface area (Å²) in [6, 6.07) is 6.73. The highest BCUT2D eigenvalue weighted by Crippen LogP contribution is 2.23. The van der Waals surface area contributed by atoms with Crippen LogP contribution in [0.2, 0.25) is 0 Å². The number of nitrogens with one attached hydrogen (secondary N) is 1. The molecule has 0 radical (unpaired) electrons. The normalized spacial score (nSPS) is 18.1. The molecular weight excluding hydrogens is 370 g/mol. The Morgan fingerprint density at radius 1 is 1.37 bits per heavy atom. The maximum absolute atomic E-state index is 12.1. The number of ether oxygens (including phenoxy) is 1. The Bertz CT molecular complexity index is 934. The summed E-state index contributed by atoms with van der Waals surface area (Å²) in [7, 11) is -1.22. The number of nitrogens with zero attached hydrogens (tertiary/aromatic N) is 4. The molecule has 144 valence electrons. The Kier molecular flexibility index (Phi) is 5.54. The smallest absolute Gasteiger partial charge is 0.340 e. The number of aromatic nitrogens is 3. The molecule has 0 aliphatic carbocycles. The molecule has 0 saturated carbocycles. The second-order valence-electron chi connectivity index (χ2n) is 6.20. The first-order valence-corrected chi connectivity index (χ1v) is 10.4. The summed E-state index contributed by atoms with van der Waals surface area (Å²) < 4.78 is 28.5. The van der Waals surface area contributed by atoms with Gasteiger partial charge in [0.15, 0.2) is 15.7 Å². The maximum Gasteiger partial charge on any atom is 0.340 e. The van der Waals surface area contributed by atoms with Gasteiger partial charge in [-0.2, -0.15) is 10.1 Å². The van der Waals surface area contributed by atoms with Gasteiger partial charge in [-0.1, -0.05) is 12.1 Å². The molecule has 3 rings (SSSR count). The molecule has 2 aromatic rings. The quantitative estimate of drug-likeness (QED) is 0.730. The van der Waals surface area contributed by atoms with Gasteiger partial charge in [0.2, 0.25) is 5.95 Å². The van der Waals surface area contributed by atoms with Crippen molar-refractivity contribution >= 4 is 33.3 Å². The van der Waals surface area contributed by atoms with Crippen LogP contribution in [0.5, 0.6) is 0 Å². The van der Waals surface area contributed by atoms with E-state index in [1.807, 2.05) is 0 Å². The highest BCUT2D eigenvalue weighted by atomic mass is 32.2. The number of para-hydroxylation sites is 1. The molecule has 1 aromatic carbocycles. The van der Waals surface area contributed by atoms with E-state index in [1.54, 1.807) is 43.1 Å². The van der Waals surface area contributed by atoms with Crippen LogP contribution in [0.1, 0.15) is 23.7 Å². The van der Waals surface area contributed by atoms with Crippen LogP contribution in [0, 0.1) is 0 Å². The number of sulfone groups is 1. The fraction of sp³-hybridized carbons (Fsp3) is 0.412. The SMILES string of the molecule is CCOC(=O)c1ccccc1Nc1nncc(N(C)C2CCS(=O)(=O)C2)n1. The molecule has 1 aliphatic rings. The van der Waals surface area contributed by atoms with E-state index in [0.717, 1.165) is 0 Å². The molecular formula is C17H21N5O4S. The number of anilines is 3. The van der Waals surface area contributed by atoms with Crippen LogP contribution < -0.4 is 10.2 Å². The average molecular weight is 391 g/mol. The lowest BCUT2D eigenvalue weighted by Crippen LogP contribution is -2.33. The predicted octanol–water partition coefficient (Wildman–Crippen LogP) is 1.42. The Labute approximate surface area is 157 Å². The van der Waals surface area contributed by atoms with Crippen LogP contribution >= 0.6 is 0 Å². The first-order valence-electron chi connectivity index (χ1n) is 8.56. The molecule has 1 aromatic heterocycles. The van der Waals surface area contributed by atoms with Gasteiger partial charge in [-0.05, 0) is 25.5 Å². The van der Waals surface area contributed by atoms with Crippen LogP contribution in [-0.4, -0.2) is 60.8 Å². The van der Waals surface area contributed by atoms with E-state index in [9.17, 15) is 13.2 Å². The van der Waals surface area contributed by atoms with Crippen molar-refractivity contribution in [2.45, 2.75) is 19.4 Å². The molecule has 0 bridgehead atoms. The van der Waals surface area contributed by atoms with Crippen molar-refractivity contribution in [2.24, 2.45) is 0 Å². The lowest BCUT2D eigenvalue weighted by molar-refractivity contribution is 0.0527. The Hall–Kier alpha value is -2.75. The maximum atomic E-state index is 12.1. The molecule has 0 amide bonds. The highest BCUT2D eigenvalue weighted by Gasteiger charge is 2.31.